The number of pyridine rings is 1. The van der Waals surface area contributed by atoms with Gasteiger partial charge in [0.15, 0.2) is 0 Å². The van der Waals surface area contributed by atoms with Crippen LogP contribution in [0.3, 0.4) is 0 Å². The second kappa shape index (κ2) is 9.09. The molecule has 0 aliphatic heterocycles. The van der Waals surface area contributed by atoms with Gasteiger partial charge in [0.25, 0.3) is 0 Å². The molecule has 0 saturated carbocycles. The third kappa shape index (κ3) is 5.13. The first-order valence-corrected chi connectivity index (χ1v) is 8.47. The van der Waals surface area contributed by atoms with Crippen molar-refractivity contribution in [3.8, 4) is 5.75 Å². The van der Waals surface area contributed by atoms with Gasteiger partial charge in [0, 0.05) is 17.8 Å². The van der Waals surface area contributed by atoms with Crippen LogP contribution >= 0.6 is 0 Å². The summed E-state index contributed by atoms with van der Waals surface area (Å²) in [4.78, 5) is 25.3. The molecule has 1 aromatic heterocycles. The Hall–Kier alpha value is -4.27. The highest BCUT2D eigenvalue weighted by molar-refractivity contribution is 5.87. The van der Waals surface area contributed by atoms with E-state index in [0.29, 0.717) is 11.3 Å². The number of carboxylic acid groups (broad SMARTS) is 1. The maximum absolute atomic E-state index is 11.0. The molecule has 1 heterocycles. The van der Waals surface area contributed by atoms with E-state index in [4.69, 9.17) is 9.84 Å². The average Bonchev–Trinajstić information content (AvgIpc) is 2.73. The first-order chi connectivity index (χ1) is 14.0. The highest BCUT2D eigenvalue weighted by atomic mass is 16.6. The summed E-state index contributed by atoms with van der Waals surface area (Å²) in [5.41, 5.74) is 4.05. The number of hydrogen-bond donors (Lipinski definition) is 2. The summed E-state index contributed by atoms with van der Waals surface area (Å²) >= 11 is 0. The molecule has 0 unspecified atom stereocenters. The van der Waals surface area contributed by atoms with Gasteiger partial charge in [0.05, 0.1) is 16.7 Å². The van der Waals surface area contributed by atoms with Gasteiger partial charge in [-0.3, -0.25) is 15.5 Å². The van der Waals surface area contributed by atoms with Crippen molar-refractivity contribution in [2.45, 2.75) is 6.61 Å². The lowest BCUT2D eigenvalue weighted by Crippen LogP contribution is -2.01. The third-order valence-corrected chi connectivity index (χ3v) is 3.87. The SMILES string of the molecule is O=C(O)c1ccc(COc2ccccc2/C=N\Nc2ncccc2[N+](=O)[O-])cc1. The Morgan fingerprint density at radius 3 is 2.66 bits per heavy atom. The molecule has 0 aliphatic carbocycles. The molecule has 2 aromatic carbocycles. The monoisotopic (exact) mass is 392 g/mol. The van der Waals surface area contributed by atoms with Gasteiger partial charge in [-0.05, 0) is 35.9 Å². The summed E-state index contributed by atoms with van der Waals surface area (Å²) in [5, 5.41) is 24.0. The quantitative estimate of drug-likeness (QED) is 0.340. The molecule has 9 heteroatoms. The second-order valence-corrected chi connectivity index (χ2v) is 5.83. The predicted molar refractivity (Wildman–Crippen MR) is 106 cm³/mol. The Labute approximate surface area is 165 Å². The number of benzene rings is 2. The molecule has 0 radical (unpaired) electrons. The summed E-state index contributed by atoms with van der Waals surface area (Å²) in [5.74, 6) is -0.402. The van der Waals surface area contributed by atoms with Crippen molar-refractivity contribution in [2.24, 2.45) is 5.10 Å². The number of nitrogens with one attached hydrogen (secondary N) is 1. The maximum atomic E-state index is 11.0. The third-order valence-electron chi connectivity index (χ3n) is 3.87. The summed E-state index contributed by atoms with van der Waals surface area (Å²) < 4.78 is 5.80. The Kier molecular flexibility index (Phi) is 6.11. The molecule has 146 valence electrons. The first kappa shape index (κ1) is 19.5. The highest BCUT2D eigenvalue weighted by Crippen LogP contribution is 2.21. The molecule has 29 heavy (non-hydrogen) atoms. The van der Waals surface area contributed by atoms with Gasteiger partial charge in [0.1, 0.15) is 12.4 Å². The van der Waals surface area contributed by atoms with E-state index in [-0.39, 0.29) is 23.7 Å². The van der Waals surface area contributed by atoms with Crippen LogP contribution in [0.2, 0.25) is 0 Å². The number of carboxylic acids is 1. The smallest absolute Gasteiger partial charge is 0.335 e. The van der Waals surface area contributed by atoms with Gasteiger partial charge in [-0.15, -0.1) is 0 Å². The van der Waals surface area contributed by atoms with Gasteiger partial charge in [0.2, 0.25) is 5.82 Å². The molecule has 2 N–H and O–H groups in total. The van der Waals surface area contributed by atoms with E-state index in [1.165, 1.54) is 36.7 Å². The second-order valence-electron chi connectivity index (χ2n) is 5.83. The number of anilines is 1. The number of hydrogen-bond acceptors (Lipinski definition) is 7. The highest BCUT2D eigenvalue weighted by Gasteiger charge is 2.13. The lowest BCUT2D eigenvalue weighted by molar-refractivity contribution is -0.384. The summed E-state index contributed by atoms with van der Waals surface area (Å²) in [6, 6.07) is 16.3. The lowest BCUT2D eigenvalue weighted by Gasteiger charge is -2.09. The molecule has 3 rings (SSSR count). The number of para-hydroxylation sites is 1. The van der Waals surface area contributed by atoms with Gasteiger partial charge < -0.3 is 9.84 Å². The van der Waals surface area contributed by atoms with Gasteiger partial charge >= 0.3 is 11.7 Å². The number of aromatic carboxylic acids is 1. The van der Waals surface area contributed by atoms with E-state index < -0.39 is 10.9 Å². The zero-order valence-corrected chi connectivity index (χ0v) is 15.1. The normalized spacial score (nSPS) is 10.6. The molecular formula is C20H16N4O5. The van der Waals surface area contributed by atoms with Crippen molar-refractivity contribution in [1.29, 1.82) is 0 Å². The molecule has 3 aromatic rings. The maximum Gasteiger partial charge on any atom is 0.335 e. The molecule has 0 amide bonds. The van der Waals surface area contributed by atoms with Crippen molar-refractivity contribution in [2.75, 3.05) is 5.43 Å². The molecule has 0 atom stereocenters. The Morgan fingerprint density at radius 2 is 1.93 bits per heavy atom. The van der Waals surface area contributed by atoms with E-state index in [1.54, 1.807) is 36.4 Å². The van der Waals surface area contributed by atoms with E-state index >= 15 is 0 Å². The van der Waals surface area contributed by atoms with Crippen molar-refractivity contribution >= 4 is 23.7 Å². The fourth-order valence-corrected chi connectivity index (χ4v) is 2.42. The Balaban J connectivity index is 1.68. The molecular weight excluding hydrogens is 376 g/mol. The number of nitrogens with zero attached hydrogens (tertiary/aromatic N) is 3. The first-order valence-electron chi connectivity index (χ1n) is 8.47. The van der Waals surface area contributed by atoms with Crippen LogP contribution in [0, 0.1) is 10.1 Å². The minimum atomic E-state index is -0.986. The van der Waals surface area contributed by atoms with Crippen molar-refractivity contribution in [1.82, 2.24) is 4.98 Å². The molecule has 9 nitrogen and oxygen atoms in total. The van der Waals surface area contributed by atoms with Gasteiger partial charge in [-0.25, -0.2) is 9.78 Å². The number of carbonyl (C=O) groups is 1. The number of nitro groups is 1. The summed E-state index contributed by atoms with van der Waals surface area (Å²) in [6.45, 7) is 0.240. The standard InChI is InChI=1S/C20H16N4O5/c25-20(26)15-9-7-14(8-10-15)13-29-18-6-2-1-4-16(18)12-22-23-19-17(24(27)28)5-3-11-21-19/h1-12H,13H2,(H,21,23)(H,25,26)/b22-12-. The van der Waals surface area contributed by atoms with Crippen LogP contribution in [0.5, 0.6) is 5.75 Å². The number of aromatic nitrogens is 1. The molecule has 0 bridgehead atoms. The lowest BCUT2D eigenvalue weighted by atomic mass is 10.1. The van der Waals surface area contributed by atoms with Crippen LogP contribution in [0.4, 0.5) is 11.5 Å². The van der Waals surface area contributed by atoms with E-state index in [9.17, 15) is 14.9 Å². The average molecular weight is 392 g/mol. The number of hydrazone groups is 1. The fourth-order valence-electron chi connectivity index (χ4n) is 2.42. The minimum absolute atomic E-state index is 0.0330. The molecule has 0 fully saturated rings. The summed E-state index contributed by atoms with van der Waals surface area (Å²) in [6.07, 6.45) is 2.90. The zero-order valence-electron chi connectivity index (χ0n) is 15.1. The van der Waals surface area contributed by atoms with Crippen molar-refractivity contribution in [3.63, 3.8) is 0 Å². The summed E-state index contributed by atoms with van der Waals surface area (Å²) in [7, 11) is 0. The molecule has 0 saturated heterocycles. The van der Waals surface area contributed by atoms with Crippen molar-refractivity contribution < 1.29 is 19.6 Å². The Bertz CT molecular complexity index is 1050. The van der Waals surface area contributed by atoms with Crippen LogP contribution < -0.4 is 10.2 Å². The topological polar surface area (TPSA) is 127 Å². The number of ether oxygens (including phenoxy) is 1. The minimum Gasteiger partial charge on any atom is -0.488 e. The van der Waals surface area contributed by atoms with Crippen LogP contribution in [-0.2, 0) is 6.61 Å². The number of rotatable bonds is 8. The zero-order chi connectivity index (χ0) is 20.6. The predicted octanol–water partition coefficient (Wildman–Crippen LogP) is 3.71. The van der Waals surface area contributed by atoms with Crippen LogP contribution in [0.15, 0.2) is 72.0 Å². The largest absolute Gasteiger partial charge is 0.488 e. The van der Waals surface area contributed by atoms with E-state index in [0.717, 1.165) is 5.56 Å². The van der Waals surface area contributed by atoms with Crippen molar-refractivity contribution in [3.05, 3.63) is 93.7 Å². The molecule has 0 aliphatic rings. The molecule has 0 spiro atoms. The fraction of sp³-hybridized carbons (Fsp3) is 0.0500. The van der Waals surface area contributed by atoms with E-state index in [1.807, 2.05) is 0 Å². The Morgan fingerprint density at radius 1 is 1.17 bits per heavy atom. The van der Waals surface area contributed by atoms with Crippen LogP contribution in [0.25, 0.3) is 0 Å². The van der Waals surface area contributed by atoms with Crippen LogP contribution in [-0.4, -0.2) is 27.2 Å². The van der Waals surface area contributed by atoms with Gasteiger partial charge in [-0.1, -0.05) is 24.3 Å². The van der Waals surface area contributed by atoms with Gasteiger partial charge in [-0.2, -0.15) is 5.10 Å². The van der Waals surface area contributed by atoms with E-state index in [2.05, 4.69) is 15.5 Å². The van der Waals surface area contributed by atoms with Crippen LogP contribution in [0.1, 0.15) is 21.5 Å².